The van der Waals surface area contributed by atoms with Crippen LogP contribution in [-0.4, -0.2) is 27.7 Å². The Hall–Kier alpha value is -1.93. The molecule has 2 rings (SSSR count). The lowest BCUT2D eigenvalue weighted by atomic mass is 10.1. The highest BCUT2D eigenvalue weighted by atomic mass is 32.2. The van der Waals surface area contributed by atoms with Gasteiger partial charge in [-0.2, -0.15) is 0 Å². The van der Waals surface area contributed by atoms with E-state index in [2.05, 4.69) is 21.7 Å². The first-order valence-corrected chi connectivity index (χ1v) is 10.6. The Morgan fingerprint density at radius 3 is 2.52 bits per heavy atom. The van der Waals surface area contributed by atoms with Crippen molar-refractivity contribution in [3.8, 4) is 0 Å². The summed E-state index contributed by atoms with van der Waals surface area (Å²) in [5.41, 5.74) is 2.40. The molecule has 25 heavy (non-hydrogen) atoms. The van der Waals surface area contributed by atoms with Gasteiger partial charge in [0.25, 0.3) is 0 Å². The lowest BCUT2D eigenvalue weighted by Crippen LogP contribution is -2.36. The zero-order valence-corrected chi connectivity index (χ0v) is 16.1. The highest BCUT2D eigenvalue weighted by molar-refractivity contribution is 7.89. The van der Waals surface area contributed by atoms with Crippen LogP contribution in [0.25, 0.3) is 0 Å². The van der Waals surface area contributed by atoms with Crippen LogP contribution in [-0.2, 0) is 28.7 Å². The predicted octanol–water partition coefficient (Wildman–Crippen LogP) is 2.61. The zero-order valence-electron chi connectivity index (χ0n) is 14.5. The van der Waals surface area contributed by atoms with Gasteiger partial charge < -0.3 is 10.6 Å². The summed E-state index contributed by atoms with van der Waals surface area (Å²) in [5.74, 6) is 0.0543. The van der Waals surface area contributed by atoms with Gasteiger partial charge in [-0.1, -0.05) is 6.07 Å². The molecule has 0 bridgehead atoms. The molecule has 0 atom stereocenters. The number of nitrogens with zero attached hydrogens (tertiary/aromatic N) is 1. The largest absolute Gasteiger partial charge is 0.352 e. The number of halogens is 1. The lowest BCUT2D eigenvalue weighted by Gasteiger charge is -2.14. The van der Waals surface area contributed by atoms with Crippen molar-refractivity contribution in [1.29, 1.82) is 0 Å². The molecule has 0 fully saturated rings. The van der Waals surface area contributed by atoms with Crippen LogP contribution in [0.15, 0.2) is 34.6 Å². The number of thiophene rings is 1. The molecule has 2 N–H and O–H groups in total. The predicted molar refractivity (Wildman–Crippen MR) is 101 cm³/mol. The molecule has 1 heterocycles. The van der Waals surface area contributed by atoms with Gasteiger partial charge in [-0.25, -0.2) is 12.8 Å². The van der Waals surface area contributed by atoms with Crippen molar-refractivity contribution in [3.63, 3.8) is 0 Å². The molecule has 1 aromatic carbocycles. The van der Waals surface area contributed by atoms with Gasteiger partial charge in [0.05, 0.1) is 12.3 Å². The Labute approximate surface area is 151 Å². The number of nitrogens with one attached hydrogen (secondary N) is 2. The fraction of sp³-hybridized carbons (Fsp3) is 0.353. The Balaban J connectivity index is 2.03. The second-order valence-corrected chi connectivity index (χ2v) is 8.93. The van der Waals surface area contributed by atoms with Crippen molar-refractivity contribution < 1.29 is 12.8 Å². The summed E-state index contributed by atoms with van der Waals surface area (Å²) >= 11 is 1.67. The molecule has 0 saturated heterocycles. The Morgan fingerprint density at radius 2 is 1.92 bits per heavy atom. The van der Waals surface area contributed by atoms with Gasteiger partial charge in [0.1, 0.15) is 5.82 Å². The minimum absolute atomic E-state index is 0.120. The number of guanidine groups is 1. The molecule has 0 unspecified atom stereocenters. The summed E-state index contributed by atoms with van der Waals surface area (Å²) in [6.07, 6.45) is 1.16. The molecule has 0 amide bonds. The van der Waals surface area contributed by atoms with Crippen LogP contribution in [0, 0.1) is 12.7 Å². The van der Waals surface area contributed by atoms with Crippen molar-refractivity contribution in [2.45, 2.75) is 25.8 Å². The number of rotatable bonds is 6. The van der Waals surface area contributed by atoms with Gasteiger partial charge in [-0.05, 0) is 47.2 Å². The maximum Gasteiger partial charge on any atom is 0.191 e. The van der Waals surface area contributed by atoms with Crippen LogP contribution in [0.2, 0.25) is 0 Å². The molecule has 8 heteroatoms. The summed E-state index contributed by atoms with van der Waals surface area (Å²) in [4.78, 5) is 5.36. The molecule has 0 aliphatic rings. The summed E-state index contributed by atoms with van der Waals surface area (Å²) in [5, 5.41) is 8.34. The third-order valence-electron chi connectivity index (χ3n) is 3.64. The monoisotopic (exact) mass is 383 g/mol. The Bertz CT molecular complexity index is 861. The molecule has 0 aliphatic heterocycles. The topological polar surface area (TPSA) is 70.6 Å². The Kier molecular flexibility index (Phi) is 6.55. The van der Waals surface area contributed by atoms with E-state index in [1.54, 1.807) is 18.4 Å². The first-order valence-electron chi connectivity index (χ1n) is 7.71. The van der Waals surface area contributed by atoms with Crippen LogP contribution < -0.4 is 10.6 Å². The molecule has 0 radical (unpaired) electrons. The van der Waals surface area contributed by atoms with Crippen LogP contribution in [0.4, 0.5) is 4.39 Å². The van der Waals surface area contributed by atoms with Crippen molar-refractivity contribution >= 4 is 27.1 Å². The number of hydrogen-bond donors (Lipinski definition) is 2. The van der Waals surface area contributed by atoms with E-state index >= 15 is 0 Å². The van der Waals surface area contributed by atoms with E-state index < -0.39 is 15.7 Å². The van der Waals surface area contributed by atoms with Crippen LogP contribution >= 0.6 is 11.3 Å². The highest BCUT2D eigenvalue weighted by Gasteiger charge is 2.11. The van der Waals surface area contributed by atoms with Gasteiger partial charge in [0, 0.05) is 24.7 Å². The van der Waals surface area contributed by atoms with E-state index in [0.717, 1.165) is 6.26 Å². The number of hydrogen-bond acceptors (Lipinski definition) is 4. The molecule has 1 aromatic heterocycles. The molecule has 0 spiro atoms. The summed E-state index contributed by atoms with van der Waals surface area (Å²) < 4.78 is 36.6. The van der Waals surface area contributed by atoms with Crippen LogP contribution in [0.5, 0.6) is 0 Å². The van der Waals surface area contributed by atoms with E-state index in [-0.39, 0.29) is 12.3 Å². The average molecular weight is 384 g/mol. The fourth-order valence-electron chi connectivity index (χ4n) is 2.33. The minimum Gasteiger partial charge on any atom is -0.352 e. The summed E-state index contributed by atoms with van der Waals surface area (Å²) in [7, 11) is -1.54. The van der Waals surface area contributed by atoms with Crippen molar-refractivity contribution in [3.05, 3.63) is 57.0 Å². The van der Waals surface area contributed by atoms with E-state index in [1.165, 1.54) is 28.6 Å². The summed E-state index contributed by atoms with van der Waals surface area (Å²) in [6.45, 7) is 2.97. The average Bonchev–Trinajstić information content (AvgIpc) is 2.94. The van der Waals surface area contributed by atoms with Gasteiger partial charge in [0.15, 0.2) is 15.8 Å². The maximum absolute atomic E-state index is 13.5. The van der Waals surface area contributed by atoms with Crippen molar-refractivity contribution in [1.82, 2.24) is 10.6 Å². The SMILES string of the molecule is CN=C(NCc1cc(F)ccc1CS(C)(=O)=O)NCc1sccc1C. The molecular weight excluding hydrogens is 361 g/mol. The van der Waals surface area contributed by atoms with Crippen molar-refractivity contribution in [2.75, 3.05) is 13.3 Å². The summed E-state index contributed by atoms with van der Waals surface area (Å²) in [6, 6.07) is 6.20. The first kappa shape index (κ1) is 19.4. The minimum atomic E-state index is -3.20. The smallest absolute Gasteiger partial charge is 0.191 e. The van der Waals surface area contributed by atoms with E-state index in [4.69, 9.17) is 0 Å². The van der Waals surface area contributed by atoms with E-state index in [9.17, 15) is 12.8 Å². The molecule has 0 aliphatic carbocycles. The molecule has 136 valence electrons. The van der Waals surface area contributed by atoms with E-state index in [0.29, 0.717) is 23.6 Å². The number of aliphatic imine (C=N–C) groups is 1. The van der Waals surface area contributed by atoms with Gasteiger partial charge in [-0.3, -0.25) is 4.99 Å². The lowest BCUT2D eigenvalue weighted by molar-refractivity contribution is 0.599. The van der Waals surface area contributed by atoms with Crippen molar-refractivity contribution in [2.24, 2.45) is 4.99 Å². The normalized spacial score (nSPS) is 12.2. The Morgan fingerprint density at radius 1 is 1.20 bits per heavy atom. The number of sulfone groups is 1. The van der Waals surface area contributed by atoms with Crippen LogP contribution in [0.1, 0.15) is 21.6 Å². The van der Waals surface area contributed by atoms with E-state index in [1.807, 2.05) is 12.3 Å². The fourth-order valence-corrected chi connectivity index (χ4v) is 4.02. The molecular formula is C17H22FN3O2S2. The first-order chi connectivity index (χ1) is 11.8. The van der Waals surface area contributed by atoms with Gasteiger partial charge >= 0.3 is 0 Å². The third kappa shape index (κ3) is 6.13. The highest BCUT2D eigenvalue weighted by Crippen LogP contribution is 2.16. The second kappa shape index (κ2) is 8.44. The number of aryl methyl sites for hydroxylation is 1. The third-order valence-corrected chi connectivity index (χ3v) is 5.50. The van der Waals surface area contributed by atoms with Crippen LogP contribution in [0.3, 0.4) is 0 Å². The van der Waals surface area contributed by atoms with Gasteiger partial charge in [-0.15, -0.1) is 11.3 Å². The zero-order chi connectivity index (χ0) is 18.4. The molecule has 0 saturated carbocycles. The quantitative estimate of drug-likeness (QED) is 0.594. The maximum atomic E-state index is 13.5. The second-order valence-electron chi connectivity index (χ2n) is 5.79. The number of benzene rings is 1. The molecule has 2 aromatic rings. The van der Waals surface area contributed by atoms with Gasteiger partial charge in [0.2, 0.25) is 0 Å². The standard InChI is InChI=1S/C17H22FN3O2S2/c1-12-6-7-24-16(12)10-21-17(19-2)20-9-14-8-15(18)5-4-13(14)11-25(3,22)23/h4-8H,9-11H2,1-3H3,(H2,19,20,21). The molecule has 5 nitrogen and oxygen atoms in total.